The van der Waals surface area contributed by atoms with E-state index in [1.54, 1.807) is 0 Å². The third kappa shape index (κ3) is 8.84. The first kappa shape index (κ1) is 33.2. The minimum Gasteiger partial charge on any atom is -0.411 e. The molecule has 1 N–H and O–H groups in total. The standard InChI is InChI=1S/C33H54O5Si2/c1-32(2,3)39(7,8)37-28-21-27(34)22-29(38-40(9,10)33(4,5)6)31(36-24-26-19-15-12-16-20-26)30(28)35-23-25-17-13-11-14-18-25/h11-20,27-31,34H,21-24H2,1-10H3/t28-,29-,30-,31-/m1/s1. The molecule has 1 fully saturated rings. The lowest BCUT2D eigenvalue weighted by molar-refractivity contribution is -0.153. The van der Waals surface area contributed by atoms with Crippen molar-refractivity contribution in [3.8, 4) is 0 Å². The summed E-state index contributed by atoms with van der Waals surface area (Å²) in [7, 11) is -4.38. The third-order valence-electron chi connectivity index (χ3n) is 9.14. The fourth-order valence-corrected chi connectivity index (χ4v) is 7.28. The summed E-state index contributed by atoms with van der Waals surface area (Å²) in [6.45, 7) is 23.4. The van der Waals surface area contributed by atoms with Crippen LogP contribution in [0, 0.1) is 0 Å². The molecule has 2 aromatic carbocycles. The van der Waals surface area contributed by atoms with Crippen LogP contribution in [0.2, 0.25) is 36.3 Å². The number of ether oxygens (including phenoxy) is 2. The normalized spacial score (nSPS) is 25.0. The number of rotatable bonds is 10. The van der Waals surface area contributed by atoms with Gasteiger partial charge in [-0.1, -0.05) is 102 Å². The smallest absolute Gasteiger partial charge is 0.192 e. The molecule has 0 aromatic heterocycles. The summed E-state index contributed by atoms with van der Waals surface area (Å²) >= 11 is 0. The van der Waals surface area contributed by atoms with E-state index in [2.05, 4.69) is 92.0 Å². The summed E-state index contributed by atoms with van der Waals surface area (Å²) in [6, 6.07) is 20.5. The summed E-state index contributed by atoms with van der Waals surface area (Å²) in [4.78, 5) is 0. The van der Waals surface area contributed by atoms with E-state index in [4.69, 9.17) is 18.3 Å². The van der Waals surface area contributed by atoms with E-state index in [1.807, 2.05) is 36.4 Å². The Bertz CT molecular complexity index is 947. The highest BCUT2D eigenvalue weighted by Gasteiger charge is 2.50. The number of aliphatic hydroxyl groups is 1. The predicted octanol–water partition coefficient (Wildman–Crippen LogP) is 8.09. The first-order valence-corrected chi connectivity index (χ1v) is 20.7. The monoisotopic (exact) mass is 586 g/mol. The second-order valence-corrected chi connectivity index (χ2v) is 24.0. The average Bonchev–Trinajstić information content (AvgIpc) is 2.96. The molecule has 3 rings (SSSR count). The second kappa shape index (κ2) is 13.3. The molecule has 2 aromatic rings. The van der Waals surface area contributed by atoms with Crippen LogP contribution in [0.1, 0.15) is 65.5 Å². The van der Waals surface area contributed by atoms with Gasteiger partial charge in [0.05, 0.1) is 31.5 Å². The van der Waals surface area contributed by atoms with Gasteiger partial charge in [0.25, 0.3) is 0 Å². The Balaban J connectivity index is 2.04. The Morgan fingerprint density at radius 3 is 1.25 bits per heavy atom. The van der Waals surface area contributed by atoms with Crippen LogP contribution in [0.3, 0.4) is 0 Å². The molecule has 0 heterocycles. The molecule has 1 aliphatic carbocycles. The molecule has 1 aliphatic rings. The van der Waals surface area contributed by atoms with Crippen molar-refractivity contribution >= 4 is 16.6 Å². The molecule has 40 heavy (non-hydrogen) atoms. The lowest BCUT2D eigenvalue weighted by atomic mass is 10.0. The molecular weight excluding hydrogens is 533 g/mol. The zero-order chi connectivity index (χ0) is 29.8. The van der Waals surface area contributed by atoms with E-state index in [9.17, 15) is 5.11 Å². The van der Waals surface area contributed by atoms with Crippen LogP contribution >= 0.6 is 0 Å². The van der Waals surface area contributed by atoms with Crippen LogP contribution in [-0.4, -0.2) is 52.3 Å². The van der Waals surface area contributed by atoms with Crippen LogP contribution < -0.4 is 0 Å². The number of hydrogen-bond acceptors (Lipinski definition) is 5. The first-order chi connectivity index (χ1) is 18.5. The largest absolute Gasteiger partial charge is 0.411 e. The van der Waals surface area contributed by atoms with Crippen molar-refractivity contribution in [3.05, 3.63) is 71.8 Å². The molecule has 224 valence electrons. The number of hydrogen-bond donors (Lipinski definition) is 1. The lowest BCUT2D eigenvalue weighted by Crippen LogP contribution is -2.55. The van der Waals surface area contributed by atoms with Gasteiger partial charge in [-0.2, -0.15) is 0 Å². The molecule has 5 nitrogen and oxygen atoms in total. The minimum absolute atomic E-state index is 0.0195. The molecule has 0 bridgehead atoms. The van der Waals surface area contributed by atoms with Gasteiger partial charge in [0.15, 0.2) is 16.6 Å². The van der Waals surface area contributed by atoms with E-state index in [0.717, 1.165) is 11.1 Å². The van der Waals surface area contributed by atoms with Gasteiger partial charge in [-0.05, 0) is 47.4 Å². The topological polar surface area (TPSA) is 57.2 Å². The third-order valence-corrected chi connectivity index (χ3v) is 18.1. The zero-order valence-corrected chi connectivity index (χ0v) is 28.6. The van der Waals surface area contributed by atoms with Gasteiger partial charge in [-0.15, -0.1) is 0 Å². The highest BCUT2D eigenvalue weighted by Crippen LogP contribution is 2.42. The van der Waals surface area contributed by atoms with Crippen molar-refractivity contribution in [2.45, 2.75) is 134 Å². The van der Waals surface area contributed by atoms with Crippen molar-refractivity contribution < 1.29 is 23.4 Å². The van der Waals surface area contributed by atoms with E-state index < -0.39 is 34.9 Å². The molecule has 0 aliphatic heterocycles. The Hall–Kier alpha value is -1.33. The minimum atomic E-state index is -2.19. The van der Waals surface area contributed by atoms with Gasteiger partial charge in [0, 0.05) is 12.8 Å². The fourth-order valence-electron chi connectivity index (χ4n) is 4.60. The van der Waals surface area contributed by atoms with Crippen LogP contribution in [0.15, 0.2) is 60.7 Å². The SMILES string of the molecule is CC(C)(C)[Si](C)(C)O[C@@H]1CC(O)C[C@@H](O[Si](C)(C)C(C)(C)C)[C@@H](OCc2ccccc2)[C@@H]1OCc1ccccc1. The van der Waals surface area contributed by atoms with Crippen molar-refractivity contribution in [1.82, 2.24) is 0 Å². The Kier molecular flexibility index (Phi) is 11.0. The molecular formula is C33H54O5Si2. The maximum atomic E-state index is 11.4. The average molecular weight is 587 g/mol. The molecule has 4 atom stereocenters. The Morgan fingerprint density at radius 2 is 0.950 bits per heavy atom. The van der Waals surface area contributed by atoms with Gasteiger partial charge in [0.2, 0.25) is 0 Å². The molecule has 0 amide bonds. The maximum Gasteiger partial charge on any atom is 0.192 e. The highest BCUT2D eigenvalue weighted by molar-refractivity contribution is 6.74. The molecule has 0 radical (unpaired) electrons. The quantitative estimate of drug-likeness (QED) is 0.225. The second-order valence-electron chi connectivity index (χ2n) is 14.5. The van der Waals surface area contributed by atoms with Gasteiger partial charge in [-0.25, -0.2) is 0 Å². The van der Waals surface area contributed by atoms with E-state index in [-0.39, 0.29) is 22.3 Å². The van der Waals surface area contributed by atoms with Gasteiger partial charge in [0.1, 0.15) is 12.2 Å². The van der Waals surface area contributed by atoms with Gasteiger partial charge < -0.3 is 23.4 Å². The molecule has 0 unspecified atom stereocenters. The van der Waals surface area contributed by atoms with Crippen molar-refractivity contribution in [2.24, 2.45) is 0 Å². The van der Waals surface area contributed by atoms with E-state index in [1.165, 1.54) is 0 Å². The van der Waals surface area contributed by atoms with E-state index >= 15 is 0 Å². The van der Waals surface area contributed by atoms with Crippen LogP contribution in [0.4, 0.5) is 0 Å². The Morgan fingerprint density at radius 1 is 0.625 bits per heavy atom. The van der Waals surface area contributed by atoms with Crippen LogP contribution in [0.25, 0.3) is 0 Å². The highest BCUT2D eigenvalue weighted by atomic mass is 28.4. The first-order valence-electron chi connectivity index (χ1n) is 14.8. The molecule has 0 saturated heterocycles. The fraction of sp³-hybridized carbons (Fsp3) is 0.636. The zero-order valence-electron chi connectivity index (χ0n) is 26.6. The van der Waals surface area contributed by atoms with Crippen LogP contribution in [-0.2, 0) is 31.5 Å². The molecule has 7 heteroatoms. The number of aliphatic hydroxyl groups excluding tert-OH is 1. The van der Waals surface area contributed by atoms with E-state index in [0.29, 0.717) is 26.1 Å². The summed E-state index contributed by atoms with van der Waals surface area (Å²) in [6.07, 6.45) is -1.00. The summed E-state index contributed by atoms with van der Waals surface area (Å²) in [5, 5.41) is 11.4. The van der Waals surface area contributed by atoms with Crippen molar-refractivity contribution in [3.63, 3.8) is 0 Å². The van der Waals surface area contributed by atoms with Crippen LogP contribution in [0.5, 0.6) is 0 Å². The number of benzene rings is 2. The summed E-state index contributed by atoms with van der Waals surface area (Å²) in [5.74, 6) is 0. The molecule has 0 spiro atoms. The predicted molar refractivity (Wildman–Crippen MR) is 169 cm³/mol. The lowest BCUT2D eigenvalue weighted by Gasteiger charge is -2.44. The van der Waals surface area contributed by atoms with Gasteiger partial charge >= 0.3 is 0 Å². The maximum absolute atomic E-state index is 11.4. The summed E-state index contributed by atoms with van der Waals surface area (Å²) < 4.78 is 27.7. The molecule has 1 saturated carbocycles. The van der Waals surface area contributed by atoms with Crippen molar-refractivity contribution in [2.75, 3.05) is 0 Å². The Labute approximate surface area is 245 Å². The summed E-state index contributed by atoms with van der Waals surface area (Å²) in [5.41, 5.74) is 2.20. The van der Waals surface area contributed by atoms with Crippen molar-refractivity contribution in [1.29, 1.82) is 0 Å². The van der Waals surface area contributed by atoms with Gasteiger partial charge in [-0.3, -0.25) is 0 Å².